The highest BCUT2D eigenvalue weighted by atomic mass is 16.5. The van der Waals surface area contributed by atoms with Gasteiger partial charge in [-0.2, -0.15) is 0 Å². The molecule has 3 aromatic rings. The fourth-order valence-corrected chi connectivity index (χ4v) is 3.37. The highest BCUT2D eigenvalue weighted by Crippen LogP contribution is 2.22. The number of carbonyl (C=O) groups excluding carboxylic acids is 1. The van der Waals surface area contributed by atoms with Gasteiger partial charge in [0.25, 0.3) is 0 Å². The van der Waals surface area contributed by atoms with Crippen molar-refractivity contribution in [3.63, 3.8) is 0 Å². The second-order valence-corrected chi connectivity index (χ2v) is 6.87. The van der Waals surface area contributed by atoms with Gasteiger partial charge in [-0.05, 0) is 43.2 Å². The summed E-state index contributed by atoms with van der Waals surface area (Å²) in [5.41, 5.74) is 1.55. The number of aryl methyl sites for hydroxylation is 1. The summed E-state index contributed by atoms with van der Waals surface area (Å²) in [7, 11) is 1.90. The van der Waals surface area contributed by atoms with Crippen LogP contribution in [0.25, 0.3) is 21.8 Å². The summed E-state index contributed by atoms with van der Waals surface area (Å²) in [4.78, 5) is 35.3. The lowest BCUT2D eigenvalue weighted by Crippen LogP contribution is -2.11. The van der Waals surface area contributed by atoms with Crippen molar-refractivity contribution in [2.75, 3.05) is 0 Å². The van der Waals surface area contributed by atoms with Crippen molar-refractivity contribution in [3.8, 4) is 5.75 Å². The SMILES string of the molecule is Cn1c2ccccc2c(=O)c2cc(OC(=O)CCCCCCC(=O)O)ccc21. The summed E-state index contributed by atoms with van der Waals surface area (Å²) in [5, 5.41) is 9.74. The highest BCUT2D eigenvalue weighted by molar-refractivity contribution is 5.94. The van der Waals surface area contributed by atoms with Crippen molar-refractivity contribution in [2.24, 2.45) is 7.05 Å². The number of rotatable bonds is 8. The van der Waals surface area contributed by atoms with E-state index in [1.807, 2.05) is 29.8 Å². The van der Waals surface area contributed by atoms with Crippen LogP contribution in [0.5, 0.6) is 5.75 Å². The maximum absolute atomic E-state index is 12.8. The first-order valence-corrected chi connectivity index (χ1v) is 9.41. The van der Waals surface area contributed by atoms with E-state index in [1.165, 1.54) is 0 Å². The van der Waals surface area contributed by atoms with E-state index in [0.29, 0.717) is 29.4 Å². The molecule has 1 heterocycles. The third kappa shape index (κ3) is 4.39. The molecule has 1 aromatic heterocycles. The molecule has 0 atom stereocenters. The number of pyridine rings is 1. The number of unbranched alkanes of at least 4 members (excludes halogenated alkanes) is 3. The van der Waals surface area contributed by atoms with Crippen LogP contribution in [0.4, 0.5) is 0 Å². The van der Waals surface area contributed by atoms with E-state index < -0.39 is 5.97 Å². The second kappa shape index (κ2) is 8.69. The molecule has 6 nitrogen and oxygen atoms in total. The standard InChI is InChI=1S/C22H23NO5/c1-23-18-9-7-6-8-16(18)22(27)17-14-15(12-13-19(17)23)28-21(26)11-5-3-2-4-10-20(24)25/h6-9,12-14H,2-5,10-11H2,1H3,(H,24,25). The zero-order valence-corrected chi connectivity index (χ0v) is 15.8. The first-order chi connectivity index (χ1) is 13.5. The summed E-state index contributed by atoms with van der Waals surface area (Å²) in [5.74, 6) is -0.791. The monoisotopic (exact) mass is 381 g/mol. The Morgan fingerprint density at radius 1 is 0.929 bits per heavy atom. The molecule has 0 unspecified atom stereocenters. The van der Waals surface area contributed by atoms with Gasteiger partial charge >= 0.3 is 11.9 Å². The number of carboxylic acids is 1. The zero-order chi connectivity index (χ0) is 20.1. The number of ether oxygens (including phenoxy) is 1. The molecule has 0 fully saturated rings. The molecule has 0 amide bonds. The second-order valence-electron chi connectivity index (χ2n) is 6.87. The van der Waals surface area contributed by atoms with Crippen LogP contribution in [0, 0.1) is 0 Å². The van der Waals surface area contributed by atoms with Crippen molar-refractivity contribution in [3.05, 3.63) is 52.7 Å². The number of aromatic nitrogens is 1. The Kier molecular flexibility index (Phi) is 6.09. The van der Waals surface area contributed by atoms with E-state index >= 15 is 0 Å². The Balaban J connectivity index is 1.68. The van der Waals surface area contributed by atoms with Crippen LogP contribution >= 0.6 is 0 Å². The molecule has 2 aromatic carbocycles. The first-order valence-electron chi connectivity index (χ1n) is 9.41. The Morgan fingerprint density at radius 2 is 1.61 bits per heavy atom. The molecule has 28 heavy (non-hydrogen) atoms. The summed E-state index contributed by atoms with van der Waals surface area (Å²) >= 11 is 0. The molecule has 146 valence electrons. The Labute approximate surface area is 162 Å². The van der Waals surface area contributed by atoms with Crippen LogP contribution in [-0.2, 0) is 16.6 Å². The van der Waals surface area contributed by atoms with Gasteiger partial charge in [0, 0.05) is 30.7 Å². The molecule has 0 aliphatic rings. The molecule has 0 saturated carbocycles. The van der Waals surface area contributed by atoms with Crippen LogP contribution in [-0.4, -0.2) is 21.6 Å². The minimum Gasteiger partial charge on any atom is -0.481 e. The van der Waals surface area contributed by atoms with E-state index in [-0.39, 0.29) is 24.2 Å². The van der Waals surface area contributed by atoms with Crippen molar-refractivity contribution in [1.82, 2.24) is 4.57 Å². The highest BCUT2D eigenvalue weighted by Gasteiger charge is 2.11. The number of esters is 1. The normalized spacial score (nSPS) is 11.0. The Morgan fingerprint density at radius 3 is 2.36 bits per heavy atom. The number of benzene rings is 2. The van der Waals surface area contributed by atoms with Gasteiger partial charge in [-0.1, -0.05) is 25.0 Å². The van der Waals surface area contributed by atoms with Gasteiger partial charge in [0.05, 0.1) is 11.0 Å². The lowest BCUT2D eigenvalue weighted by Gasteiger charge is -2.11. The summed E-state index contributed by atoms with van der Waals surface area (Å²) in [6, 6.07) is 12.5. The quantitative estimate of drug-likeness (QED) is 0.276. The smallest absolute Gasteiger partial charge is 0.311 e. The van der Waals surface area contributed by atoms with Gasteiger partial charge in [0.15, 0.2) is 5.43 Å². The predicted molar refractivity (Wildman–Crippen MR) is 108 cm³/mol. The number of fused-ring (bicyclic) bond motifs is 2. The minimum absolute atomic E-state index is 0.0833. The molecule has 6 heteroatoms. The zero-order valence-electron chi connectivity index (χ0n) is 15.8. The average molecular weight is 381 g/mol. The number of carboxylic acid groups (broad SMARTS) is 1. The van der Waals surface area contributed by atoms with E-state index in [0.717, 1.165) is 23.9 Å². The molecule has 1 N–H and O–H groups in total. The molecule has 0 radical (unpaired) electrons. The summed E-state index contributed by atoms with van der Waals surface area (Å²) < 4.78 is 7.35. The van der Waals surface area contributed by atoms with Gasteiger partial charge < -0.3 is 14.4 Å². The van der Waals surface area contributed by atoms with Crippen LogP contribution in [0.1, 0.15) is 38.5 Å². The Hall–Kier alpha value is -3.15. The van der Waals surface area contributed by atoms with Crippen molar-refractivity contribution < 1.29 is 19.4 Å². The fraction of sp³-hybridized carbons (Fsp3) is 0.318. The van der Waals surface area contributed by atoms with Gasteiger partial charge in [-0.25, -0.2) is 0 Å². The molecule has 0 aliphatic carbocycles. The fourth-order valence-electron chi connectivity index (χ4n) is 3.37. The molecular formula is C22H23NO5. The van der Waals surface area contributed by atoms with Crippen molar-refractivity contribution in [1.29, 1.82) is 0 Å². The number of nitrogens with zero attached hydrogens (tertiary/aromatic N) is 1. The first kappa shape index (κ1) is 19.6. The molecular weight excluding hydrogens is 358 g/mol. The number of para-hydroxylation sites is 1. The topological polar surface area (TPSA) is 85.6 Å². The van der Waals surface area contributed by atoms with Crippen molar-refractivity contribution >= 4 is 33.7 Å². The molecule has 0 aliphatic heterocycles. The number of hydrogen-bond donors (Lipinski definition) is 1. The van der Waals surface area contributed by atoms with Gasteiger partial charge in [0.2, 0.25) is 0 Å². The van der Waals surface area contributed by atoms with E-state index in [4.69, 9.17) is 9.84 Å². The summed E-state index contributed by atoms with van der Waals surface area (Å²) in [6.07, 6.45) is 3.25. The lowest BCUT2D eigenvalue weighted by molar-refractivity contribution is -0.137. The summed E-state index contributed by atoms with van der Waals surface area (Å²) in [6.45, 7) is 0. The van der Waals surface area contributed by atoms with Crippen LogP contribution in [0.3, 0.4) is 0 Å². The maximum Gasteiger partial charge on any atom is 0.311 e. The Bertz CT molecular complexity index is 1080. The van der Waals surface area contributed by atoms with E-state index in [2.05, 4.69) is 0 Å². The largest absolute Gasteiger partial charge is 0.481 e. The average Bonchev–Trinajstić information content (AvgIpc) is 2.68. The number of hydrogen-bond acceptors (Lipinski definition) is 4. The van der Waals surface area contributed by atoms with Crippen LogP contribution in [0.2, 0.25) is 0 Å². The molecule has 3 rings (SSSR count). The van der Waals surface area contributed by atoms with Gasteiger partial charge in [-0.15, -0.1) is 0 Å². The number of carbonyl (C=O) groups is 2. The maximum atomic E-state index is 12.8. The van der Waals surface area contributed by atoms with Gasteiger partial charge in [-0.3, -0.25) is 14.4 Å². The lowest BCUT2D eigenvalue weighted by atomic mass is 10.1. The number of aliphatic carboxylic acids is 1. The minimum atomic E-state index is -0.797. The third-order valence-corrected chi connectivity index (χ3v) is 4.84. The van der Waals surface area contributed by atoms with E-state index in [9.17, 15) is 14.4 Å². The van der Waals surface area contributed by atoms with Crippen LogP contribution in [0.15, 0.2) is 47.3 Å². The third-order valence-electron chi connectivity index (χ3n) is 4.84. The molecule has 0 spiro atoms. The predicted octanol–water partition coefficient (Wildman–Crippen LogP) is 4.02. The van der Waals surface area contributed by atoms with Crippen LogP contribution < -0.4 is 10.2 Å². The van der Waals surface area contributed by atoms with Gasteiger partial charge in [0.1, 0.15) is 5.75 Å². The van der Waals surface area contributed by atoms with E-state index in [1.54, 1.807) is 24.3 Å². The molecule has 0 saturated heterocycles. The molecule has 0 bridgehead atoms. The van der Waals surface area contributed by atoms with Crippen molar-refractivity contribution in [2.45, 2.75) is 38.5 Å².